The number of aromatic nitrogens is 1. The lowest BCUT2D eigenvalue weighted by molar-refractivity contribution is -0.135. The monoisotopic (exact) mass is 429 g/mol. The highest BCUT2D eigenvalue weighted by Gasteiger charge is 2.30. The van der Waals surface area contributed by atoms with Crippen LogP contribution in [-0.4, -0.2) is 42.9 Å². The van der Waals surface area contributed by atoms with E-state index in [1.54, 1.807) is 66.4 Å². The average Bonchev–Trinajstić information content (AvgIpc) is 3.09. The Morgan fingerprint density at radius 3 is 2.40 bits per heavy atom. The summed E-state index contributed by atoms with van der Waals surface area (Å²) < 4.78 is 34.3. The minimum Gasteiger partial charge on any atom is -0.408 e. The maximum Gasteiger partial charge on any atom is 0.420 e. The fourth-order valence-corrected chi connectivity index (χ4v) is 5.16. The maximum atomic E-state index is 13.0. The first-order chi connectivity index (χ1) is 14.4. The molecule has 2 heterocycles. The van der Waals surface area contributed by atoms with Crippen LogP contribution in [0.5, 0.6) is 0 Å². The highest BCUT2D eigenvalue weighted by molar-refractivity contribution is 7.89. The summed E-state index contributed by atoms with van der Waals surface area (Å²) in [7, 11) is -3.59. The van der Waals surface area contributed by atoms with Crippen LogP contribution in [0, 0.1) is 0 Å². The molecular weight excluding hydrogens is 406 g/mol. The second-order valence-electron chi connectivity index (χ2n) is 7.42. The lowest BCUT2D eigenvalue weighted by Gasteiger charge is -2.33. The normalized spacial score (nSPS) is 16.6. The first kappa shape index (κ1) is 20.4. The Labute approximate surface area is 174 Å². The summed E-state index contributed by atoms with van der Waals surface area (Å²) in [5, 5.41) is 0. The molecule has 2 aromatic carbocycles. The summed E-state index contributed by atoms with van der Waals surface area (Å²) in [4.78, 5) is 27.1. The number of hydrogen-bond acceptors (Lipinski definition) is 5. The van der Waals surface area contributed by atoms with Gasteiger partial charge in [-0.1, -0.05) is 30.3 Å². The molecule has 4 rings (SSSR count). The number of carbonyl (C=O) groups is 1. The van der Waals surface area contributed by atoms with E-state index in [0.29, 0.717) is 37.0 Å². The molecule has 8 nitrogen and oxygen atoms in total. The second kappa shape index (κ2) is 8.08. The van der Waals surface area contributed by atoms with Crippen molar-refractivity contribution in [1.29, 1.82) is 0 Å². The summed E-state index contributed by atoms with van der Waals surface area (Å²) in [6.45, 7) is 2.50. The highest BCUT2D eigenvalue weighted by Crippen LogP contribution is 2.21. The van der Waals surface area contributed by atoms with Crippen molar-refractivity contribution in [2.75, 3.05) is 13.1 Å². The summed E-state index contributed by atoms with van der Waals surface area (Å²) in [5.74, 6) is -0.754. The van der Waals surface area contributed by atoms with Crippen molar-refractivity contribution in [3.8, 4) is 0 Å². The molecule has 0 spiro atoms. The molecule has 0 bridgehead atoms. The van der Waals surface area contributed by atoms with Gasteiger partial charge in [0.1, 0.15) is 6.04 Å². The molecule has 0 radical (unpaired) electrons. The summed E-state index contributed by atoms with van der Waals surface area (Å²) in [6.07, 6.45) is 1.01. The van der Waals surface area contributed by atoms with Crippen LogP contribution in [0.25, 0.3) is 11.1 Å². The van der Waals surface area contributed by atoms with Crippen molar-refractivity contribution < 1.29 is 17.6 Å². The zero-order valence-corrected chi connectivity index (χ0v) is 17.3. The lowest BCUT2D eigenvalue weighted by Crippen LogP contribution is -2.48. The van der Waals surface area contributed by atoms with E-state index in [-0.39, 0.29) is 16.8 Å². The van der Waals surface area contributed by atoms with Crippen LogP contribution >= 0.6 is 0 Å². The molecular formula is C21H23N3O5S. The number of piperidine rings is 1. The molecule has 0 aliphatic carbocycles. The minimum absolute atomic E-state index is 0.187. The third-order valence-electron chi connectivity index (χ3n) is 5.45. The largest absolute Gasteiger partial charge is 0.420 e. The molecule has 1 saturated heterocycles. The Bertz CT molecular complexity index is 1210. The molecule has 3 aromatic rings. The smallest absolute Gasteiger partial charge is 0.408 e. The van der Waals surface area contributed by atoms with Crippen LogP contribution in [-0.2, 0) is 14.8 Å². The summed E-state index contributed by atoms with van der Waals surface area (Å²) in [5.41, 5.74) is 1.02. The summed E-state index contributed by atoms with van der Waals surface area (Å²) >= 11 is 0. The van der Waals surface area contributed by atoms with E-state index in [1.165, 1.54) is 4.57 Å². The van der Waals surface area contributed by atoms with E-state index in [1.807, 2.05) is 0 Å². The van der Waals surface area contributed by atoms with E-state index in [2.05, 4.69) is 4.72 Å². The molecule has 1 atom stereocenters. The maximum absolute atomic E-state index is 13.0. The first-order valence-electron chi connectivity index (χ1n) is 9.83. The van der Waals surface area contributed by atoms with Gasteiger partial charge in [0, 0.05) is 19.1 Å². The van der Waals surface area contributed by atoms with Gasteiger partial charge in [-0.15, -0.1) is 0 Å². The number of para-hydroxylation sites is 2. The number of nitrogens with one attached hydrogen (secondary N) is 1. The topological polar surface area (TPSA) is 102 Å². The minimum atomic E-state index is -3.59. The molecule has 1 aliphatic heterocycles. The van der Waals surface area contributed by atoms with Gasteiger partial charge >= 0.3 is 5.76 Å². The van der Waals surface area contributed by atoms with Gasteiger partial charge < -0.3 is 9.32 Å². The number of rotatable bonds is 5. The fraction of sp³-hybridized carbons (Fsp3) is 0.333. The Morgan fingerprint density at radius 1 is 1.07 bits per heavy atom. The molecule has 1 aliphatic rings. The van der Waals surface area contributed by atoms with Crippen LogP contribution in [0.2, 0.25) is 0 Å². The van der Waals surface area contributed by atoms with E-state index in [9.17, 15) is 18.0 Å². The van der Waals surface area contributed by atoms with Crippen LogP contribution in [0.15, 0.2) is 68.7 Å². The van der Waals surface area contributed by atoms with Gasteiger partial charge in [0.05, 0.1) is 10.4 Å². The van der Waals surface area contributed by atoms with E-state index < -0.39 is 21.8 Å². The van der Waals surface area contributed by atoms with Crippen molar-refractivity contribution in [2.24, 2.45) is 0 Å². The third-order valence-corrected chi connectivity index (χ3v) is 6.98. The number of fused-ring (bicyclic) bond motifs is 1. The average molecular weight is 429 g/mol. The zero-order chi connectivity index (χ0) is 21.3. The van der Waals surface area contributed by atoms with Crippen LogP contribution in [0.1, 0.15) is 25.8 Å². The van der Waals surface area contributed by atoms with Gasteiger partial charge in [-0.2, -0.15) is 0 Å². The van der Waals surface area contributed by atoms with E-state index in [4.69, 9.17) is 4.42 Å². The number of amides is 1. The molecule has 30 heavy (non-hydrogen) atoms. The van der Waals surface area contributed by atoms with E-state index >= 15 is 0 Å². The number of hydrogen-bond donors (Lipinski definition) is 1. The molecule has 1 N–H and O–H groups in total. The number of carbonyl (C=O) groups excluding carboxylic acids is 1. The Balaban J connectivity index is 1.42. The van der Waals surface area contributed by atoms with Crippen molar-refractivity contribution in [1.82, 2.24) is 14.2 Å². The van der Waals surface area contributed by atoms with Crippen molar-refractivity contribution >= 4 is 27.0 Å². The van der Waals surface area contributed by atoms with Crippen LogP contribution < -0.4 is 10.5 Å². The molecule has 1 unspecified atom stereocenters. The zero-order valence-electron chi connectivity index (χ0n) is 16.5. The van der Waals surface area contributed by atoms with Crippen molar-refractivity contribution in [3.05, 3.63) is 65.1 Å². The SMILES string of the molecule is CC(C(=O)N1CCC(NS(=O)(=O)c2ccccc2)CC1)n1c(=O)oc2ccccc21. The second-order valence-corrected chi connectivity index (χ2v) is 9.13. The van der Waals surface area contributed by atoms with Crippen LogP contribution in [0.4, 0.5) is 0 Å². The van der Waals surface area contributed by atoms with Gasteiger partial charge in [-0.25, -0.2) is 17.9 Å². The van der Waals surface area contributed by atoms with Gasteiger partial charge in [0.15, 0.2) is 5.58 Å². The predicted molar refractivity (Wildman–Crippen MR) is 112 cm³/mol. The lowest BCUT2D eigenvalue weighted by atomic mass is 10.1. The first-order valence-corrected chi connectivity index (χ1v) is 11.3. The molecule has 9 heteroatoms. The third kappa shape index (κ3) is 3.90. The molecule has 1 aromatic heterocycles. The number of benzene rings is 2. The fourth-order valence-electron chi connectivity index (χ4n) is 3.83. The van der Waals surface area contributed by atoms with Crippen molar-refractivity contribution in [3.63, 3.8) is 0 Å². The molecule has 158 valence electrons. The van der Waals surface area contributed by atoms with Gasteiger partial charge in [0.25, 0.3) is 0 Å². The molecule has 1 amide bonds. The number of sulfonamides is 1. The van der Waals surface area contributed by atoms with Gasteiger partial charge in [-0.3, -0.25) is 9.36 Å². The quantitative estimate of drug-likeness (QED) is 0.669. The highest BCUT2D eigenvalue weighted by atomic mass is 32.2. The Morgan fingerprint density at radius 2 is 1.70 bits per heavy atom. The van der Waals surface area contributed by atoms with Gasteiger partial charge in [0.2, 0.25) is 15.9 Å². The molecule has 0 saturated carbocycles. The van der Waals surface area contributed by atoms with Crippen LogP contribution in [0.3, 0.4) is 0 Å². The van der Waals surface area contributed by atoms with E-state index in [0.717, 1.165) is 0 Å². The predicted octanol–water partition coefficient (Wildman–Crippen LogP) is 2.12. The van der Waals surface area contributed by atoms with Crippen molar-refractivity contribution in [2.45, 2.75) is 36.7 Å². The Hall–Kier alpha value is -2.91. The number of oxazole rings is 1. The van der Waals surface area contributed by atoms with Gasteiger partial charge in [-0.05, 0) is 44.0 Å². The standard InChI is InChI=1S/C21H23N3O5S/c1-15(24-18-9-5-6-10-19(18)29-21(24)26)20(25)23-13-11-16(12-14-23)22-30(27,28)17-7-3-2-4-8-17/h2-10,15-16,22H,11-14H2,1H3. The molecule has 1 fully saturated rings. The number of nitrogens with zero attached hydrogens (tertiary/aromatic N) is 2. The number of likely N-dealkylation sites (tertiary alicyclic amines) is 1. The summed E-state index contributed by atoms with van der Waals surface area (Å²) in [6, 6.07) is 14.3. The Kier molecular flexibility index (Phi) is 5.48.